The van der Waals surface area contributed by atoms with Gasteiger partial charge in [-0.1, -0.05) is 35.3 Å². The molecule has 2 aromatic rings. The Morgan fingerprint density at radius 2 is 2.00 bits per heavy atom. The summed E-state index contributed by atoms with van der Waals surface area (Å²) < 4.78 is 0. The maximum Gasteiger partial charge on any atom is 0.239 e. The first-order chi connectivity index (χ1) is 11.5. The highest BCUT2D eigenvalue weighted by Gasteiger charge is 2.28. The molecule has 5 nitrogen and oxygen atoms in total. The number of thioether (sulfide) groups is 1. The molecular formula is C16H13Cl2N3O2S. The molecule has 0 aliphatic carbocycles. The van der Waals surface area contributed by atoms with Gasteiger partial charge in [-0.2, -0.15) is 0 Å². The van der Waals surface area contributed by atoms with Crippen LogP contribution in [0.1, 0.15) is 6.42 Å². The van der Waals surface area contributed by atoms with Crippen molar-refractivity contribution in [3.63, 3.8) is 0 Å². The third-order valence-corrected chi connectivity index (χ3v) is 5.17. The molecule has 1 atom stereocenters. The molecule has 0 saturated carbocycles. The van der Waals surface area contributed by atoms with Gasteiger partial charge in [0.2, 0.25) is 11.8 Å². The number of anilines is 2. The van der Waals surface area contributed by atoms with Crippen LogP contribution in [0, 0.1) is 0 Å². The molecule has 1 heterocycles. The highest BCUT2D eigenvalue weighted by Crippen LogP contribution is 2.36. The molecule has 2 amide bonds. The van der Waals surface area contributed by atoms with Crippen molar-refractivity contribution in [3.8, 4) is 0 Å². The first-order valence-electron chi connectivity index (χ1n) is 7.09. The van der Waals surface area contributed by atoms with E-state index in [1.165, 1.54) is 11.8 Å². The largest absolute Gasteiger partial charge is 0.324 e. The maximum atomic E-state index is 12.1. The first-order valence-corrected chi connectivity index (χ1v) is 8.73. The SMILES string of the molecule is O=C(C[C@@H]1Sc2ccccc2NC1=O)NNc1ccc(Cl)cc1Cl. The van der Waals surface area contributed by atoms with Gasteiger partial charge < -0.3 is 5.32 Å². The van der Waals surface area contributed by atoms with Gasteiger partial charge in [-0.15, -0.1) is 11.8 Å². The summed E-state index contributed by atoms with van der Waals surface area (Å²) in [4.78, 5) is 25.1. The number of para-hydroxylation sites is 1. The van der Waals surface area contributed by atoms with Crippen LogP contribution in [-0.2, 0) is 9.59 Å². The monoisotopic (exact) mass is 381 g/mol. The van der Waals surface area contributed by atoms with Crippen LogP contribution in [0.3, 0.4) is 0 Å². The molecule has 0 saturated heterocycles. The second kappa shape index (κ2) is 7.34. The number of amides is 2. The van der Waals surface area contributed by atoms with Crippen molar-refractivity contribution in [1.29, 1.82) is 0 Å². The molecule has 0 fully saturated rings. The van der Waals surface area contributed by atoms with E-state index in [0.717, 1.165) is 10.6 Å². The van der Waals surface area contributed by atoms with E-state index >= 15 is 0 Å². The minimum atomic E-state index is -0.484. The number of hydrazine groups is 1. The van der Waals surface area contributed by atoms with E-state index in [9.17, 15) is 9.59 Å². The summed E-state index contributed by atoms with van der Waals surface area (Å²) >= 11 is 13.2. The number of benzene rings is 2. The normalized spacial score (nSPS) is 16.1. The quantitative estimate of drug-likeness (QED) is 0.701. The van der Waals surface area contributed by atoms with E-state index in [0.29, 0.717) is 15.7 Å². The van der Waals surface area contributed by atoms with Gasteiger partial charge in [-0.05, 0) is 30.3 Å². The lowest BCUT2D eigenvalue weighted by atomic mass is 10.2. The maximum absolute atomic E-state index is 12.1. The molecule has 0 aromatic heterocycles. The average molecular weight is 382 g/mol. The van der Waals surface area contributed by atoms with Crippen molar-refractivity contribution in [3.05, 3.63) is 52.5 Å². The molecule has 0 bridgehead atoms. The summed E-state index contributed by atoms with van der Waals surface area (Å²) in [5.74, 6) is -0.494. The Morgan fingerprint density at radius 3 is 2.79 bits per heavy atom. The smallest absolute Gasteiger partial charge is 0.239 e. The molecule has 1 aliphatic rings. The lowest BCUT2D eigenvalue weighted by Gasteiger charge is -2.23. The zero-order chi connectivity index (χ0) is 17.1. The first kappa shape index (κ1) is 17.0. The van der Waals surface area contributed by atoms with Crippen molar-refractivity contribution in [2.75, 3.05) is 10.7 Å². The number of nitrogens with one attached hydrogen (secondary N) is 3. The number of hydrogen-bond acceptors (Lipinski definition) is 4. The lowest BCUT2D eigenvalue weighted by Crippen LogP contribution is -2.37. The second-order valence-electron chi connectivity index (χ2n) is 5.09. The Kier molecular flexibility index (Phi) is 5.18. The Labute approximate surface area is 153 Å². The fraction of sp³-hybridized carbons (Fsp3) is 0.125. The Hall–Kier alpha value is -1.89. The number of carbonyl (C=O) groups is 2. The summed E-state index contributed by atoms with van der Waals surface area (Å²) in [6, 6.07) is 12.4. The zero-order valence-electron chi connectivity index (χ0n) is 12.3. The van der Waals surface area contributed by atoms with E-state index in [-0.39, 0.29) is 18.2 Å². The molecule has 24 heavy (non-hydrogen) atoms. The predicted octanol–water partition coefficient (Wildman–Crippen LogP) is 3.94. The van der Waals surface area contributed by atoms with Gasteiger partial charge in [0.05, 0.1) is 21.6 Å². The van der Waals surface area contributed by atoms with Gasteiger partial charge in [-0.25, -0.2) is 0 Å². The van der Waals surface area contributed by atoms with Crippen LogP contribution in [0.15, 0.2) is 47.4 Å². The van der Waals surface area contributed by atoms with Crippen molar-refractivity contribution in [2.24, 2.45) is 0 Å². The van der Waals surface area contributed by atoms with Crippen LogP contribution in [0.2, 0.25) is 10.0 Å². The fourth-order valence-corrected chi connectivity index (χ4v) is 3.74. The van der Waals surface area contributed by atoms with Crippen molar-refractivity contribution >= 4 is 58.2 Å². The molecule has 8 heteroatoms. The Balaban J connectivity index is 1.58. The van der Waals surface area contributed by atoms with Gasteiger partial charge in [0, 0.05) is 16.3 Å². The number of carbonyl (C=O) groups excluding carboxylic acids is 2. The van der Waals surface area contributed by atoms with Crippen LogP contribution in [-0.4, -0.2) is 17.1 Å². The molecule has 0 spiro atoms. The number of halogens is 2. The molecule has 3 N–H and O–H groups in total. The van der Waals surface area contributed by atoms with Crippen LogP contribution in [0.25, 0.3) is 0 Å². The fourth-order valence-electron chi connectivity index (χ4n) is 2.17. The lowest BCUT2D eigenvalue weighted by molar-refractivity contribution is -0.123. The predicted molar refractivity (Wildman–Crippen MR) is 97.6 cm³/mol. The van der Waals surface area contributed by atoms with Crippen LogP contribution in [0.5, 0.6) is 0 Å². The summed E-state index contributed by atoms with van der Waals surface area (Å²) in [6.45, 7) is 0. The van der Waals surface area contributed by atoms with Gasteiger partial charge in [-0.3, -0.25) is 20.4 Å². The number of fused-ring (bicyclic) bond motifs is 1. The topological polar surface area (TPSA) is 70.2 Å². The van der Waals surface area contributed by atoms with Gasteiger partial charge in [0.25, 0.3) is 0 Å². The van der Waals surface area contributed by atoms with Crippen LogP contribution >= 0.6 is 35.0 Å². The highest BCUT2D eigenvalue weighted by atomic mass is 35.5. The van der Waals surface area contributed by atoms with E-state index in [2.05, 4.69) is 16.2 Å². The molecule has 3 rings (SSSR count). The molecule has 124 valence electrons. The molecular weight excluding hydrogens is 369 g/mol. The number of rotatable bonds is 4. The highest BCUT2D eigenvalue weighted by molar-refractivity contribution is 8.01. The van der Waals surface area contributed by atoms with Crippen molar-refractivity contribution in [2.45, 2.75) is 16.6 Å². The second-order valence-corrected chi connectivity index (χ2v) is 7.18. The third kappa shape index (κ3) is 3.95. The third-order valence-electron chi connectivity index (χ3n) is 3.35. The standard InChI is InChI=1S/C16H13Cl2N3O2S/c17-9-5-6-11(10(18)7-9)20-21-15(22)8-14-16(23)19-12-3-1-2-4-13(12)24-14/h1-7,14,20H,8H2,(H,19,23)(H,21,22)/t14-/m0/s1. The molecule has 0 unspecified atom stereocenters. The Morgan fingerprint density at radius 1 is 1.21 bits per heavy atom. The molecule has 1 aliphatic heterocycles. The van der Waals surface area contributed by atoms with Gasteiger partial charge in [0.15, 0.2) is 0 Å². The molecule has 2 aromatic carbocycles. The summed E-state index contributed by atoms with van der Waals surface area (Å²) in [5.41, 5.74) is 6.58. The van der Waals surface area contributed by atoms with Crippen LogP contribution in [0.4, 0.5) is 11.4 Å². The van der Waals surface area contributed by atoms with E-state index < -0.39 is 5.25 Å². The van der Waals surface area contributed by atoms with Gasteiger partial charge in [0.1, 0.15) is 0 Å². The average Bonchev–Trinajstić information content (AvgIpc) is 2.55. The summed E-state index contributed by atoms with van der Waals surface area (Å²) in [6.07, 6.45) is 0.0447. The van der Waals surface area contributed by atoms with E-state index in [1.807, 2.05) is 24.3 Å². The van der Waals surface area contributed by atoms with Crippen LogP contribution < -0.4 is 16.2 Å². The Bertz CT molecular complexity index is 801. The number of hydrogen-bond donors (Lipinski definition) is 3. The summed E-state index contributed by atoms with van der Waals surface area (Å²) in [5, 5.41) is 3.22. The van der Waals surface area contributed by atoms with E-state index in [1.54, 1.807) is 18.2 Å². The van der Waals surface area contributed by atoms with Gasteiger partial charge >= 0.3 is 0 Å². The van der Waals surface area contributed by atoms with Crippen molar-refractivity contribution in [1.82, 2.24) is 5.43 Å². The zero-order valence-corrected chi connectivity index (χ0v) is 14.6. The summed E-state index contributed by atoms with van der Waals surface area (Å²) in [7, 11) is 0. The minimum Gasteiger partial charge on any atom is -0.324 e. The van der Waals surface area contributed by atoms with E-state index in [4.69, 9.17) is 23.2 Å². The van der Waals surface area contributed by atoms with Crippen molar-refractivity contribution < 1.29 is 9.59 Å². The molecule has 0 radical (unpaired) electrons. The minimum absolute atomic E-state index is 0.0447.